The summed E-state index contributed by atoms with van der Waals surface area (Å²) in [6.45, 7) is 0.959. The summed E-state index contributed by atoms with van der Waals surface area (Å²) in [7, 11) is 1.61. The van der Waals surface area contributed by atoms with Gasteiger partial charge < -0.3 is 15.4 Å². The Morgan fingerprint density at radius 3 is 3.00 bits per heavy atom. The molecule has 2 aromatic carbocycles. The Hall–Kier alpha value is -3.45. The number of ether oxygens (including phenoxy) is 1. The Balaban J connectivity index is 1.62. The fraction of sp³-hybridized carbons (Fsp3) is 0.150. The molecule has 0 aliphatic rings. The average Bonchev–Trinajstić information content (AvgIpc) is 3.10. The van der Waals surface area contributed by atoms with Crippen LogP contribution in [0.1, 0.15) is 10.4 Å². The van der Waals surface area contributed by atoms with Gasteiger partial charge >= 0.3 is 0 Å². The Labute approximate surface area is 155 Å². The third-order valence-corrected chi connectivity index (χ3v) is 4.30. The zero-order valence-corrected chi connectivity index (χ0v) is 14.8. The molecular formula is C20H19N5O2. The van der Waals surface area contributed by atoms with Crippen LogP contribution >= 0.6 is 0 Å². The number of carbonyl (C=O) groups is 1. The van der Waals surface area contributed by atoms with Crippen LogP contribution in [0.15, 0.2) is 54.7 Å². The fourth-order valence-electron chi connectivity index (χ4n) is 3.00. The van der Waals surface area contributed by atoms with Gasteiger partial charge in [0.2, 0.25) is 0 Å². The van der Waals surface area contributed by atoms with E-state index in [0.717, 1.165) is 27.5 Å². The summed E-state index contributed by atoms with van der Waals surface area (Å²) in [5.74, 6) is 0.555. The molecule has 0 saturated heterocycles. The van der Waals surface area contributed by atoms with Crippen molar-refractivity contribution >= 4 is 39.2 Å². The Kier molecular flexibility index (Phi) is 4.67. The number of fused-ring (bicyclic) bond motifs is 2. The summed E-state index contributed by atoms with van der Waals surface area (Å²) >= 11 is 0. The zero-order chi connectivity index (χ0) is 18.6. The van der Waals surface area contributed by atoms with Crippen LogP contribution < -0.4 is 10.6 Å². The van der Waals surface area contributed by atoms with E-state index in [0.29, 0.717) is 24.5 Å². The third-order valence-electron chi connectivity index (χ3n) is 4.30. The number of aromatic amines is 1. The van der Waals surface area contributed by atoms with Crippen LogP contribution in [0.5, 0.6) is 0 Å². The van der Waals surface area contributed by atoms with E-state index in [4.69, 9.17) is 4.74 Å². The highest BCUT2D eigenvalue weighted by atomic mass is 16.5. The molecule has 0 saturated carbocycles. The quantitative estimate of drug-likeness (QED) is 0.459. The van der Waals surface area contributed by atoms with E-state index in [2.05, 4.69) is 25.8 Å². The Morgan fingerprint density at radius 2 is 2.11 bits per heavy atom. The van der Waals surface area contributed by atoms with Crippen molar-refractivity contribution in [1.29, 1.82) is 0 Å². The first-order chi connectivity index (χ1) is 13.3. The van der Waals surface area contributed by atoms with Gasteiger partial charge in [-0.2, -0.15) is 5.10 Å². The number of nitrogens with zero attached hydrogens (tertiary/aromatic N) is 2. The van der Waals surface area contributed by atoms with E-state index in [9.17, 15) is 4.79 Å². The molecule has 0 unspecified atom stereocenters. The van der Waals surface area contributed by atoms with Gasteiger partial charge in [-0.3, -0.25) is 14.9 Å². The Morgan fingerprint density at radius 1 is 1.19 bits per heavy atom. The molecule has 136 valence electrons. The molecule has 0 bridgehead atoms. The predicted molar refractivity (Wildman–Crippen MR) is 105 cm³/mol. The highest BCUT2D eigenvalue weighted by Crippen LogP contribution is 2.26. The van der Waals surface area contributed by atoms with E-state index in [1.807, 2.05) is 48.5 Å². The molecule has 4 aromatic rings. The van der Waals surface area contributed by atoms with Gasteiger partial charge in [-0.25, -0.2) is 0 Å². The molecule has 0 aliphatic carbocycles. The van der Waals surface area contributed by atoms with Crippen LogP contribution in [0, 0.1) is 0 Å². The van der Waals surface area contributed by atoms with Gasteiger partial charge in [0.05, 0.1) is 12.1 Å². The normalized spacial score (nSPS) is 11.0. The topological polar surface area (TPSA) is 91.9 Å². The van der Waals surface area contributed by atoms with Crippen molar-refractivity contribution in [2.75, 3.05) is 25.6 Å². The lowest BCUT2D eigenvalue weighted by Gasteiger charge is -2.10. The number of hydrogen-bond donors (Lipinski definition) is 3. The maximum absolute atomic E-state index is 12.4. The van der Waals surface area contributed by atoms with Gasteiger partial charge in [-0.15, -0.1) is 0 Å². The van der Waals surface area contributed by atoms with Crippen molar-refractivity contribution in [3.63, 3.8) is 0 Å². The molecule has 0 atom stereocenters. The van der Waals surface area contributed by atoms with Gasteiger partial charge in [0.15, 0.2) is 5.82 Å². The minimum absolute atomic E-state index is 0.110. The van der Waals surface area contributed by atoms with E-state index in [1.54, 1.807) is 13.3 Å². The zero-order valence-electron chi connectivity index (χ0n) is 14.8. The maximum atomic E-state index is 12.4. The first-order valence-corrected chi connectivity index (χ1v) is 8.62. The van der Waals surface area contributed by atoms with Crippen LogP contribution in [0.3, 0.4) is 0 Å². The number of anilines is 2. The fourth-order valence-corrected chi connectivity index (χ4v) is 3.00. The molecule has 7 heteroatoms. The number of aromatic nitrogens is 3. The van der Waals surface area contributed by atoms with Crippen LogP contribution in [-0.4, -0.2) is 41.3 Å². The van der Waals surface area contributed by atoms with Crippen molar-refractivity contribution in [3.05, 3.63) is 60.3 Å². The second-order valence-corrected chi connectivity index (χ2v) is 6.09. The second-order valence-electron chi connectivity index (χ2n) is 6.09. The van der Waals surface area contributed by atoms with Gasteiger partial charge in [0.25, 0.3) is 5.91 Å². The van der Waals surface area contributed by atoms with Crippen LogP contribution in [0.25, 0.3) is 21.8 Å². The first-order valence-electron chi connectivity index (χ1n) is 8.62. The molecule has 0 aliphatic heterocycles. The van der Waals surface area contributed by atoms with Crippen LogP contribution in [0.2, 0.25) is 0 Å². The number of nitrogens with one attached hydrogen (secondary N) is 3. The molecular weight excluding hydrogens is 342 g/mol. The number of hydrogen-bond acceptors (Lipinski definition) is 5. The van der Waals surface area contributed by atoms with E-state index < -0.39 is 0 Å². The van der Waals surface area contributed by atoms with Crippen molar-refractivity contribution in [3.8, 4) is 0 Å². The van der Waals surface area contributed by atoms with Crippen molar-refractivity contribution in [2.45, 2.75) is 0 Å². The smallest absolute Gasteiger partial charge is 0.251 e. The minimum atomic E-state index is -0.110. The standard InChI is InChI=1S/C20H19N5O2/c1-27-11-10-22-20(26)16-5-2-4-13-12-14(7-8-15(13)16)23-19-18-17(24-25-19)6-3-9-21-18/h2-9,12H,10-11H2,1H3,(H,22,26)(H2,23,24,25). The average molecular weight is 361 g/mol. The highest BCUT2D eigenvalue weighted by Gasteiger charge is 2.11. The van der Waals surface area contributed by atoms with Crippen molar-refractivity contribution in [2.24, 2.45) is 0 Å². The van der Waals surface area contributed by atoms with Gasteiger partial charge in [-0.1, -0.05) is 18.2 Å². The molecule has 4 rings (SSSR count). The maximum Gasteiger partial charge on any atom is 0.251 e. The molecule has 0 radical (unpaired) electrons. The molecule has 0 spiro atoms. The summed E-state index contributed by atoms with van der Waals surface area (Å²) in [5.41, 5.74) is 3.17. The summed E-state index contributed by atoms with van der Waals surface area (Å²) in [5, 5.41) is 15.2. The highest BCUT2D eigenvalue weighted by molar-refractivity contribution is 6.07. The number of pyridine rings is 1. The van der Waals surface area contributed by atoms with E-state index in [-0.39, 0.29) is 5.91 Å². The lowest BCUT2D eigenvalue weighted by Crippen LogP contribution is -2.27. The summed E-state index contributed by atoms with van der Waals surface area (Å²) in [6, 6.07) is 15.3. The monoisotopic (exact) mass is 361 g/mol. The van der Waals surface area contributed by atoms with Gasteiger partial charge in [0.1, 0.15) is 5.52 Å². The second kappa shape index (κ2) is 7.43. The minimum Gasteiger partial charge on any atom is -0.383 e. The van der Waals surface area contributed by atoms with E-state index in [1.165, 1.54) is 0 Å². The van der Waals surface area contributed by atoms with Crippen LogP contribution in [-0.2, 0) is 4.74 Å². The number of amides is 1. The van der Waals surface area contributed by atoms with Crippen LogP contribution in [0.4, 0.5) is 11.5 Å². The van der Waals surface area contributed by atoms with Gasteiger partial charge in [-0.05, 0) is 41.1 Å². The first kappa shape index (κ1) is 17.0. The number of carbonyl (C=O) groups excluding carboxylic acids is 1. The molecule has 0 fully saturated rings. The summed E-state index contributed by atoms with van der Waals surface area (Å²) in [6.07, 6.45) is 1.73. The van der Waals surface area contributed by atoms with E-state index >= 15 is 0 Å². The molecule has 2 aromatic heterocycles. The number of rotatable bonds is 6. The third kappa shape index (κ3) is 3.45. The molecule has 2 heterocycles. The number of benzene rings is 2. The van der Waals surface area contributed by atoms with Gasteiger partial charge in [0, 0.05) is 31.1 Å². The number of methoxy groups -OCH3 is 1. The summed E-state index contributed by atoms with van der Waals surface area (Å²) < 4.78 is 4.98. The SMILES string of the molecule is COCCNC(=O)c1cccc2cc(Nc3n[nH]c4cccnc34)ccc12. The predicted octanol–water partition coefficient (Wildman–Crippen LogP) is 3.23. The lowest BCUT2D eigenvalue weighted by atomic mass is 10.0. The molecule has 27 heavy (non-hydrogen) atoms. The molecule has 3 N–H and O–H groups in total. The Bertz CT molecular complexity index is 1110. The largest absolute Gasteiger partial charge is 0.383 e. The molecule has 7 nitrogen and oxygen atoms in total. The molecule has 1 amide bonds. The number of H-pyrrole nitrogens is 1. The van der Waals surface area contributed by atoms with Crippen molar-refractivity contribution < 1.29 is 9.53 Å². The lowest BCUT2D eigenvalue weighted by molar-refractivity contribution is 0.0939. The summed E-state index contributed by atoms with van der Waals surface area (Å²) in [4.78, 5) is 16.8. The van der Waals surface area contributed by atoms with Crippen molar-refractivity contribution in [1.82, 2.24) is 20.5 Å².